The first-order chi connectivity index (χ1) is 16.2. The Kier molecular flexibility index (Phi) is 11.1. The maximum atomic E-state index is 13.0. The summed E-state index contributed by atoms with van der Waals surface area (Å²) < 4.78 is 0. The molecule has 0 fully saturated rings. The van der Waals surface area contributed by atoms with Gasteiger partial charge in [0.15, 0.2) is 6.04 Å². The summed E-state index contributed by atoms with van der Waals surface area (Å²) in [4.78, 5) is 60.4. The van der Waals surface area contributed by atoms with Crippen LogP contribution in [0.3, 0.4) is 0 Å². The van der Waals surface area contributed by atoms with Crippen molar-refractivity contribution in [3.05, 3.63) is 29.8 Å². The van der Waals surface area contributed by atoms with Gasteiger partial charge in [0, 0.05) is 6.42 Å². The molecule has 0 spiro atoms. The molecular weight excluding hydrogens is 464 g/mol. The summed E-state index contributed by atoms with van der Waals surface area (Å²) in [5.74, 6) is -5.87. The SMILES string of the molecule is CC(C)C(NC(=O)C(N)CC(=O)O)C(=O)NC(Cc1ccc(O)cc1)C(=O)NC(C(=O)O)C(C)O. The number of carbonyl (C=O) groups is 5. The third-order valence-corrected chi connectivity index (χ3v) is 5.03. The molecule has 0 saturated carbocycles. The van der Waals surface area contributed by atoms with Crippen molar-refractivity contribution in [2.24, 2.45) is 11.7 Å². The van der Waals surface area contributed by atoms with Crippen molar-refractivity contribution in [2.45, 2.75) is 63.9 Å². The molecule has 1 rings (SSSR count). The van der Waals surface area contributed by atoms with Gasteiger partial charge in [0.25, 0.3) is 0 Å². The molecule has 0 aliphatic heterocycles. The average Bonchev–Trinajstić information content (AvgIpc) is 2.75. The molecular formula is C22H32N4O9. The molecule has 1 aromatic rings. The van der Waals surface area contributed by atoms with Gasteiger partial charge in [-0.3, -0.25) is 19.2 Å². The molecule has 13 heteroatoms. The Bertz CT molecular complexity index is 918. The Hall–Kier alpha value is -3.71. The van der Waals surface area contributed by atoms with Gasteiger partial charge in [-0.1, -0.05) is 26.0 Å². The van der Waals surface area contributed by atoms with Gasteiger partial charge in [-0.05, 0) is 30.5 Å². The molecule has 0 saturated heterocycles. The van der Waals surface area contributed by atoms with Crippen LogP contribution in [0.25, 0.3) is 0 Å². The number of aromatic hydroxyl groups is 1. The smallest absolute Gasteiger partial charge is 0.328 e. The zero-order chi connectivity index (χ0) is 26.9. The molecule has 3 amide bonds. The minimum atomic E-state index is -1.64. The summed E-state index contributed by atoms with van der Waals surface area (Å²) in [6, 6.07) is 0.167. The van der Waals surface area contributed by atoms with E-state index in [9.17, 15) is 39.3 Å². The Morgan fingerprint density at radius 2 is 1.40 bits per heavy atom. The maximum absolute atomic E-state index is 13.0. The quantitative estimate of drug-likeness (QED) is 0.154. The number of phenols is 1. The lowest BCUT2D eigenvalue weighted by Crippen LogP contribution is -2.59. The second-order valence-corrected chi connectivity index (χ2v) is 8.43. The van der Waals surface area contributed by atoms with E-state index in [-0.39, 0.29) is 12.2 Å². The van der Waals surface area contributed by atoms with E-state index in [1.54, 1.807) is 13.8 Å². The van der Waals surface area contributed by atoms with E-state index < -0.39 is 72.3 Å². The predicted molar refractivity (Wildman–Crippen MR) is 122 cm³/mol. The van der Waals surface area contributed by atoms with E-state index in [0.29, 0.717) is 5.56 Å². The van der Waals surface area contributed by atoms with Crippen molar-refractivity contribution < 1.29 is 44.4 Å². The molecule has 0 aliphatic carbocycles. The predicted octanol–water partition coefficient (Wildman–Crippen LogP) is -1.69. The number of nitrogens with one attached hydrogen (secondary N) is 3. The number of nitrogens with two attached hydrogens (primary N) is 1. The zero-order valence-corrected chi connectivity index (χ0v) is 19.6. The topological polar surface area (TPSA) is 228 Å². The number of hydrogen-bond donors (Lipinski definition) is 8. The first-order valence-corrected chi connectivity index (χ1v) is 10.8. The van der Waals surface area contributed by atoms with Crippen LogP contribution in [0.5, 0.6) is 5.75 Å². The van der Waals surface area contributed by atoms with Crippen LogP contribution in [-0.2, 0) is 30.4 Å². The fourth-order valence-corrected chi connectivity index (χ4v) is 3.06. The second kappa shape index (κ2) is 13.2. The van der Waals surface area contributed by atoms with Crippen LogP contribution in [0.2, 0.25) is 0 Å². The van der Waals surface area contributed by atoms with Crippen LogP contribution in [0, 0.1) is 5.92 Å². The third kappa shape index (κ3) is 9.59. The average molecular weight is 497 g/mol. The fraction of sp³-hybridized carbons (Fsp3) is 0.500. The third-order valence-electron chi connectivity index (χ3n) is 5.03. The molecule has 5 unspecified atom stereocenters. The lowest BCUT2D eigenvalue weighted by Gasteiger charge is -2.27. The number of aliphatic hydroxyl groups excluding tert-OH is 1. The van der Waals surface area contributed by atoms with Crippen molar-refractivity contribution in [2.75, 3.05) is 0 Å². The first kappa shape index (κ1) is 29.3. The maximum Gasteiger partial charge on any atom is 0.328 e. The van der Waals surface area contributed by atoms with Gasteiger partial charge in [0.05, 0.1) is 18.6 Å². The molecule has 0 aromatic heterocycles. The van der Waals surface area contributed by atoms with E-state index >= 15 is 0 Å². The van der Waals surface area contributed by atoms with Crippen LogP contribution in [0.4, 0.5) is 0 Å². The van der Waals surface area contributed by atoms with Crippen LogP contribution >= 0.6 is 0 Å². The largest absolute Gasteiger partial charge is 0.508 e. The molecule has 9 N–H and O–H groups in total. The number of hydrogen-bond acceptors (Lipinski definition) is 8. The number of aliphatic carboxylic acids is 2. The molecule has 1 aromatic carbocycles. The lowest BCUT2D eigenvalue weighted by atomic mass is 10.00. The van der Waals surface area contributed by atoms with Crippen molar-refractivity contribution in [1.29, 1.82) is 0 Å². The van der Waals surface area contributed by atoms with Crippen molar-refractivity contribution in [3.8, 4) is 5.75 Å². The van der Waals surface area contributed by atoms with Gasteiger partial charge < -0.3 is 42.1 Å². The summed E-state index contributed by atoms with van der Waals surface area (Å²) in [5, 5.41) is 44.2. The van der Waals surface area contributed by atoms with Crippen LogP contribution in [0.15, 0.2) is 24.3 Å². The van der Waals surface area contributed by atoms with Crippen molar-refractivity contribution in [3.63, 3.8) is 0 Å². The molecule has 5 atom stereocenters. The van der Waals surface area contributed by atoms with Crippen LogP contribution in [-0.4, -0.2) is 80.4 Å². The molecule has 13 nitrogen and oxygen atoms in total. The molecule has 0 bridgehead atoms. The zero-order valence-electron chi connectivity index (χ0n) is 19.6. The monoisotopic (exact) mass is 496 g/mol. The molecule has 0 aliphatic rings. The Balaban J connectivity index is 3.13. The minimum Gasteiger partial charge on any atom is -0.508 e. The highest BCUT2D eigenvalue weighted by molar-refractivity contribution is 5.95. The summed E-state index contributed by atoms with van der Waals surface area (Å²) in [6.07, 6.45) is -2.19. The van der Waals surface area contributed by atoms with Crippen LogP contribution < -0.4 is 21.7 Å². The number of aliphatic hydroxyl groups is 1. The van der Waals surface area contributed by atoms with Gasteiger partial charge in [0.1, 0.15) is 17.8 Å². The second-order valence-electron chi connectivity index (χ2n) is 8.43. The van der Waals surface area contributed by atoms with Gasteiger partial charge in [0.2, 0.25) is 17.7 Å². The number of rotatable bonds is 13. The highest BCUT2D eigenvalue weighted by atomic mass is 16.4. The molecule has 0 radical (unpaired) electrons. The van der Waals surface area contributed by atoms with E-state index in [1.807, 2.05) is 0 Å². The lowest BCUT2D eigenvalue weighted by molar-refractivity contribution is -0.145. The highest BCUT2D eigenvalue weighted by Crippen LogP contribution is 2.12. The molecule has 194 valence electrons. The van der Waals surface area contributed by atoms with E-state index in [1.165, 1.54) is 31.2 Å². The van der Waals surface area contributed by atoms with E-state index in [4.69, 9.17) is 10.8 Å². The Morgan fingerprint density at radius 1 is 0.857 bits per heavy atom. The van der Waals surface area contributed by atoms with Crippen LogP contribution in [0.1, 0.15) is 32.8 Å². The van der Waals surface area contributed by atoms with Crippen molar-refractivity contribution in [1.82, 2.24) is 16.0 Å². The van der Waals surface area contributed by atoms with E-state index in [2.05, 4.69) is 16.0 Å². The van der Waals surface area contributed by atoms with E-state index in [0.717, 1.165) is 0 Å². The molecule has 35 heavy (non-hydrogen) atoms. The minimum absolute atomic E-state index is 0.0286. The molecule has 0 heterocycles. The van der Waals surface area contributed by atoms with Gasteiger partial charge in [-0.2, -0.15) is 0 Å². The summed E-state index contributed by atoms with van der Waals surface area (Å²) in [5.41, 5.74) is 6.07. The van der Waals surface area contributed by atoms with Crippen molar-refractivity contribution >= 4 is 29.7 Å². The standard InChI is InChI=1S/C22H32N4O9/c1-10(2)17(25-19(31)14(23)9-16(29)30)21(33)24-15(8-12-4-6-13(28)7-5-12)20(32)26-18(11(3)27)22(34)35/h4-7,10-11,14-15,17-18,27-28H,8-9,23H2,1-3H3,(H,24,33)(H,25,31)(H,26,32)(H,29,30)(H,34,35). The highest BCUT2D eigenvalue weighted by Gasteiger charge is 2.33. The Morgan fingerprint density at radius 3 is 1.86 bits per heavy atom. The van der Waals surface area contributed by atoms with Gasteiger partial charge in [-0.25, -0.2) is 4.79 Å². The number of carboxylic acids is 2. The van der Waals surface area contributed by atoms with Gasteiger partial charge in [-0.15, -0.1) is 0 Å². The normalized spacial score (nSPS) is 15.3. The number of phenolic OH excluding ortho intramolecular Hbond substituents is 1. The first-order valence-electron chi connectivity index (χ1n) is 10.8. The fourth-order valence-electron chi connectivity index (χ4n) is 3.06. The summed E-state index contributed by atoms with van der Waals surface area (Å²) in [7, 11) is 0. The number of amides is 3. The Labute approximate surface area is 201 Å². The number of benzene rings is 1. The number of carboxylic acid groups (broad SMARTS) is 2. The summed E-state index contributed by atoms with van der Waals surface area (Å²) >= 11 is 0. The van der Waals surface area contributed by atoms with Gasteiger partial charge >= 0.3 is 11.9 Å². The summed E-state index contributed by atoms with van der Waals surface area (Å²) in [6.45, 7) is 4.39. The number of carbonyl (C=O) groups excluding carboxylic acids is 3.